The molecule has 0 radical (unpaired) electrons. The van der Waals surface area contributed by atoms with E-state index in [1.807, 2.05) is 11.0 Å². The molecule has 0 aliphatic heterocycles. The van der Waals surface area contributed by atoms with Crippen LogP contribution in [0.25, 0.3) is 10.7 Å². The SMILES string of the molecule is CC(C)(C)c1cnnc(N(Cc2ccc(-c3noc(C(F)(F)F)n3)s2)c2cnccn2)c1. The maximum atomic E-state index is 12.8. The van der Waals surface area contributed by atoms with Crippen LogP contribution in [0, 0.1) is 0 Å². The first kappa shape index (κ1) is 21.8. The molecular weight excluding hydrogens is 443 g/mol. The lowest BCUT2D eigenvalue weighted by atomic mass is 9.88. The van der Waals surface area contributed by atoms with Gasteiger partial charge < -0.3 is 9.42 Å². The van der Waals surface area contributed by atoms with E-state index in [0.29, 0.717) is 23.1 Å². The van der Waals surface area contributed by atoms with E-state index in [-0.39, 0.29) is 11.2 Å². The lowest BCUT2D eigenvalue weighted by molar-refractivity contribution is -0.159. The number of alkyl halides is 3. The molecule has 0 fully saturated rings. The summed E-state index contributed by atoms with van der Waals surface area (Å²) in [7, 11) is 0. The topological polar surface area (TPSA) is 93.7 Å². The van der Waals surface area contributed by atoms with E-state index >= 15 is 0 Å². The maximum Gasteiger partial charge on any atom is 0.471 e. The summed E-state index contributed by atoms with van der Waals surface area (Å²) < 4.78 is 42.6. The summed E-state index contributed by atoms with van der Waals surface area (Å²) in [5.41, 5.74) is 0.860. The molecule has 4 aromatic rings. The number of aromatic nitrogens is 6. The Balaban J connectivity index is 1.66. The molecule has 4 aromatic heterocycles. The molecule has 0 saturated carbocycles. The van der Waals surface area contributed by atoms with Crippen molar-refractivity contribution in [1.82, 2.24) is 30.3 Å². The van der Waals surface area contributed by atoms with Crippen LogP contribution in [-0.2, 0) is 18.1 Å². The van der Waals surface area contributed by atoms with Crippen molar-refractivity contribution in [2.75, 3.05) is 4.90 Å². The second-order valence-electron chi connectivity index (χ2n) is 7.89. The van der Waals surface area contributed by atoms with Crippen molar-refractivity contribution < 1.29 is 17.7 Å². The third-order valence-electron chi connectivity index (χ3n) is 4.47. The first-order valence-corrected chi connectivity index (χ1v) is 10.3. The van der Waals surface area contributed by atoms with Crippen LogP contribution in [0.3, 0.4) is 0 Å². The molecule has 0 amide bonds. The summed E-state index contributed by atoms with van der Waals surface area (Å²) >= 11 is 1.25. The van der Waals surface area contributed by atoms with Gasteiger partial charge in [-0.2, -0.15) is 23.3 Å². The van der Waals surface area contributed by atoms with Gasteiger partial charge >= 0.3 is 12.1 Å². The van der Waals surface area contributed by atoms with E-state index in [1.54, 1.807) is 36.9 Å². The highest BCUT2D eigenvalue weighted by molar-refractivity contribution is 7.15. The molecule has 0 aliphatic rings. The summed E-state index contributed by atoms with van der Waals surface area (Å²) in [6.45, 7) is 6.57. The van der Waals surface area contributed by atoms with Crippen LogP contribution in [0.1, 0.15) is 37.1 Å². The Hall–Kier alpha value is -3.41. The summed E-state index contributed by atoms with van der Waals surface area (Å²) in [6, 6.07) is 5.37. The molecule has 0 N–H and O–H groups in total. The zero-order valence-electron chi connectivity index (χ0n) is 17.3. The van der Waals surface area contributed by atoms with Crippen molar-refractivity contribution in [2.45, 2.75) is 38.9 Å². The molecule has 4 heterocycles. The summed E-state index contributed by atoms with van der Waals surface area (Å²) in [5, 5.41) is 11.9. The molecule has 8 nitrogen and oxygen atoms in total. The van der Waals surface area contributed by atoms with E-state index in [0.717, 1.165) is 10.4 Å². The Bertz CT molecular complexity index is 1200. The van der Waals surface area contributed by atoms with Crippen LogP contribution in [0.15, 0.2) is 47.5 Å². The predicted molar refractivity (Wildman–Crippen MR) is 111 cm³/mol. The first-order chi connectivity index (χ1) is 15.1. The minimum atomic E-state index is -4.69. The van der Waals surface area contributed by atoms with Gasteiger partial charge in [0.25, 0.3) is 0 Å². The summed E-state index contributed by atoms with van der Waals surface area (Å²) in [4.78, 5) is 15.1. The van der Waals surface area contributed by atoms with Gasteiger partial charge in [0.05, 0.1) is 23.8 Å². The highest BCUT2D eigenvalue weighted by Gasteiger charge is 2.38. The third-order valence-corrected chi connectivity index (χ3v) is 5.54. The second kappa shape index (κ2) is 8.26. The molecule has 0 saturated heterocycles. The Kier molecular flexibility index (Phi) is 5.63. The molecule has 0 spiro atoms. The second-order valence-corrected chi connectivity index (χ2v) is 9.06. The van der Waals surface area contributed by atoms with Gasteiger partial charge in [0.1, 0.15) is 0 Å². The fraction of sp³-hybridized carbons (Fsp3) is 0.300. The highest BCUT2D eigenvalue weighted by Crippen LogP contribution is 2.34. The van der Waals surface area contributed by atoms with Gasteiger partial charge in [-0.1, -0.05) is 25.9 Å². The maximum absolute atomic E-state index is 12.8. The number of hydrogen-bond acceptors (Lipinski definition) is 9. The zero-order valence-corrected chi connectivity index (χ0v) is 18.1. The van der Waals surface area contributed by atoms with Gasteiger partial charge in [-0.05, 0) is 29.2 Å². The lowest BCUT2D eigenvalue weighted by Gasteiger charge is -2.24. The van der Waals surface area contributed by atoms with E-state index in [1.165, 1.54) is 11.3 Å². The fourth-order valence-electron chi connectivity index (χ4n) is 2.79. The van der Waals surface area contributed by atoms with Gasteiger partial charge in [-0.25, -0.2) is 4.98 Å². The van der Waals surface area contributed by atoms with E-state index in [9.17, 15) is 13.2 Å². The highest BCUT2D eigenvalue weighted by atomic mass is 32.1. The molecule has 12 heteroatoms. The number of thiophene rings is 1. The number of nitrogens with zero attached hydrogens (tertiary/aromatic N) is 7. The molecule has 4 rings (SSSR count). The van der Waals surface area contributed by atoms with E-state index < -0.39 is 12.1 Å². The molecule has 0 bridgehead atoms. The van der Waals surface area contributed by atoms with Gasteiger partial charge in [-0.15, -0.1) is 16.4 Å². The van der Waals surface area contributed by atoms with Gasteiger partial charge in [0.15, 0.2) is 11.6 Å². The zero-order chi connectivity index (χ0) is 22.9. The summed E-state index contributed by atoms with van der Waals surface area (Å²) in [5.74, 6) is -0.361. The average Bonchev–Trinajstić information content (AvgIpc) is 3.41. The van der Waals surface area contributed by atoms with Crippen molar-refractivity contribution in [2.24, 2.45) is 0 Å². The first-order valence-electron chi connectivity index (χ1n) is 9.48. The third kappa shape index (κ3) is 4.74. The van der Waals surface area contributed by atoms with Crippen LogP contribution in [0.5, 0.6) is 0 Å². The quantitative estimate of drug-likeness (QED) is 0.408. The molecule has 0 aromatic carbocycles. The van der Waals surface area contributed by atoms with Crippen molar-refractivity contribution in [3.8, 4) is 10.7 Å². The van der Waals surface area contributed by atoms with Gasteiger partial charge in [0, 0.05) is 17.3 Å². The van der Waals surface area contributed by atoms with Gasteiger partial charge in [0.2, 0.25) is 5.82 Å². The molecular formula is C20H18F3N7OS. The minimum Gasteiger partial charge on any atom is -0.329 e. The van der Waals surface area contributed by atoms with Crippen molar-refractivity contribution in [3.05, 3.63) is 59.3 Å². The lowest BCUT2D eigenvalue weighted by Crippen LogP contribution is -2.20. The smallest absolute Gasteiger partial charge is 0.329 e. The monoisotopic (exact) mass is 461 g/mol. The largest absolute Gasteiger partial charge is 0.471 e. The van der Waals surface area contributed by atoms with Crippen molar-refractivity contribution >= 4 is 23.0 Å². The Morgan fingerprint density at radius 3 is 2.53 bits per heavy atom. The van der Waals surface area contributed by atoms with Crippen LogP contribution in [0.2, 0.25) is 0 Å². The van der Waals surface area contributed by atoms with Crippen LogP contribution in [-0.4, -0.2) is 30.3 Å². The molecule has 32 heavy (non-hydrogen) atoms. The standard InChI is InChI=1S/C20H18F3N7OS/c1-19(2,3)12-8-15(28-26-9-12)30(16-10-24-6-7-25-16)11-13-4-5-14(32-13)17-27-18(31-29-17)20(21,22)23/h4-10H,11H2,1-3H3. The normalized spacial score (nSPS) is 12.2. The van der Waals surface area contributed by atoms with E-state index in [2.05, 4.69) is 55.6 Å². The van der Waals surface area contributed by atoms with Gasteiger partial charge in [-0.3, -0.25) is 4.98 Å². The molecule has 166 valence electrons. The summed E-state index contributed by atoms with van der Waals surface area (Å²) in [6.07, 6.45) is 1.77. The fourth-order valence-corrected chi connectivity index (χ4v) is 3.71. The number of rotatable bonds is 5. The molecule has 0 aliphatic carbocycles. The minimum absolute atomic E-state index is 0.117. The van der Waals surface area contributed by atoms with Crippen molar-refractivity contribution in [1.29, 1.82) is 0 Å². The Morgan fingerprint density at radius 2 is 1.88 bits per heavy atom. The Labute approximate surface area is 185 Å². The van der Waals surface area contributed by atoms with Crippen LogP contribution < -0.4 is 4.90 Å². The molecule has 0 unspecified atom stereocenters. The van der Waals surface area contributed by atoms with Crippen molar-refractivity contribution in [3.63, 3.8) is 0 Å². The predicted octanol–water partition coefficient (Wildman–Crippen LogP) is 5.03. The average molecular weight is 461 g/mol. The number of hydrogen-bond donors (Lipinski definition) is 0. The number of anilines is 2. The van der Waals surface area contributed by atoms with E-state index in [4.69, 9.17) is 0 Å². The Morgan fingerprint density at radius 1 is 1.06 bits per heavy atom. The van der Waals surface area contributed by atoms with Crippen LogP contribution >= 0.6 is 11.3 Å². The van der Waals surface area contributed by atoms with Crippen LogP contribution in [0.4, 0.5) is 24.8 Å². The molecule has 0 atom stereocenters. The number of halogens is 3.